The van der Waals surface area contributed by atoms with E-state index in [1.807, 2.05) is 24.3 Å². The molecule has 0 bridgehead atoms. The first kappa shape index (κ1) is 12.9. The standard InChI is InChI=1S/C14H19NO3/c1-17-14(16)9-11-4-2-6-13(8-11)18-10-12-5-3-7-15-12/h2,4,6,8,12,15H,3,5,7,9-10H2,1H3/t12-/m0/s1. The maximum atomic E-state index is 11.2. The highest BCUT2D eigenvalue weighted by molar-refractivity contribution is 5.72. The molecule has 0 aliphatic carbocycles. The zero-order valence-electron chi connectivity index (χ0n) is 10.6. The molecule has 1 heterocycles. The monoisotopic (exact) mass is 249 g/mol. The van der Waals surface area contributed by atoms with E-state index < -0.39 is 0 Å². The number of hydrogen-bond donors (Lipinski definition) is 1. The molecule has 1 aliphatic rings. The lowest BCUT2D eigenvalue weighted by Gasteiger charge is -2.12. The lowest BCUT2D eigenvalue weighted by Crippen LogP contribution is -2.28. The largest absolute Gasteiger partial charge is 0.492 e. The second-order valence-corrected chi connectivity index (χ2v) is 4.50. The van der Waals surface area contributed by atoms with Crippen LogP contribution >= 0.6 is 0 Å². The summed E-state index contributed by atoms with van der Waals surface area (Å²) in [6.07, 6.45) is 2.67. The van der Waals surface area contributed by atoms with Gasteiger partial charge in [0.1, 0.15) is 12.4 Å². The van der Waals surface area contributed by atoms with Crippen LogP contribution in [0.15, 0.2) is 24.3 Å². The first-order valence-electron chi connectivity index (χ1n) is 6.30. The third-order valence-corrected chi connectivity index (χ3v) is 3.09. The zero-order valence-corrected chi connectivity index (χ0v) is 10.6. The predicted octanol–water partition coefficient (Wildman–Crippen LogP) is 1.53. The molecule has 1 aromatic rings. The van der Waals surface area contributed by atoms with Crippen LogP contribution < -0.4 is 10.1 Å². The van der Waals surface area contributed by atoms with Gasteiger partial charge in [-0.15, -0.1) is 0 Å². The van der Waals surface area contributed by atoms with Crippen molar-refractivity contribution in [3.05, 3.63) is 29.8 Å². The molecule has 0 unspecified atom stereocenters. The first-order chi connectivity index (χ1) is 8.78. The Hall–Kier alpha value is -1.55. The van der Waals surface area contributed by atoms with Gasteiger partial charge in [0.15, 0.2) is 0 Å². The molecule has 2 rings (SSSR count). The van der Waals surface area contributed by atoms with Gasteiger partial charge in [-0.2, -0.15) is 0 Å². The number of hydrogen-bond acceptors (Lipinski definition) is 4. The van der Waals surface area contributed by atoms with Crippen LogP contribution in [0.2, 0.25) is 0 Å². The van der Waals surface area contributed by atoms with E-state index in [4.69, 9.17) is 4.74 Å². The van der Waals surface area contributed by atoms with E-state index in [-0.39, 0.29) is 12.4 Å². The number of rotatable bonds is 5. The highest BCUT2D eigenvalue weighted by Gasteiger charge is 2.14. The molecule has 4 nitrogen and oxygen atoms in total. The van der Waals surface area contributed by atoms with E-state index in [0.717, 1.165) is 17.9 Å². The average molecular weight is 249 g/mol. The molecule has 0 radical (unpaired) electrons. The number of carbonyl (C=O) groups excluding carboxylic acids is 1. The summed E-state index contributed by atoms with van der Waals surface area (Å²) in [5.74, 6) is 0.578. The van der Waals surface area contributed by atoms with Crippen LogP contribution in [0, 0.1) is 0 Å². The van der Waals surface area contributed by atoms with Crippen molar-refractivity contribution in [1.82, 2.24) is 5.32 Å². The van der Waals surface area contributed by atoms with Crippen molar-refractivity contribution in [2.45, 2.75) is 25.3 Å². The molecule has 0 amide bonds. The summed E-state index contributed by atoms with van der Waals surface area (Å²) in [6, 6.07) is 8.06. The normalized spacial score (nSPS) is 18.6. The smallest absolute Gasteiger partial charge is 0.309 e. The van der Waals surface area contributed by atoms with Crippen LogP contribution in [-0.4, -0.2) is 32.3 Å². The number of benzene rings is 1. The Morgan fingerprint density at radius 3 is 3.11 bits per heavy atom. The molecule has 1 atom stereocenters. The third-order valence-electron chi connectivity index (χ3n) is 3.09. The van der Waals surface area contributed by atoms with Crippen LogP contribution in [0.25, 0.3) is 0 Å². The molecule has 18 heavy (non-hydrogen) atoms. The fourth-order valence-electron chi connectivity index (χ4n) is 2.08. The van der Waals surface area contributed by atoms with Crippen LogP contribution in [-0.2, 0) is 16.0 Å². The van der Waals surface area contributed by atoms with Crippen LogP contribution in [0.3, 0.4) is 0 Å². The molecule has 1 aliphatic heterocycles. The van der Waals surface area contributed by atoms with E-state index >= 15 is 0 Å². The lowest BCUT2D eigenvalue weighted by atomic mass is 10.1. The van der Waals surface area contributed by atoms with Gasteiger partial charge in [0.25, 0.3) is 0 Å². The summed E-state index contributed by atoms with van der Waals surface area (Å²) in [5, 5.41) is 3.38. The topological polar surface area (TPSA) is 47.6 Å². The molecule has 1 aromatic carbocycles. The minimum Gasteiger partial charge on any atom is -0.492 e. The van der Waals surface area contributed by atoms with E-state index in [2.05, 4.69) is 10.1 Å². The molecule has 4 heteroatoms. The quantitative estimate of drug-likeness (QED) is 0.804. The minimum absolute atomic E-state index is 0.232. The fourth-order valence-corrected chi connectivity index (χ4v) is 2.08. The third kappa shape index (κ3) is 3.74. The van der Waals surface area contributed by atoms with E-state index in [0.29, 0.717) is 12.6 Å². The van der Waals surface area contributed by atoms with Crippen molar-refractivity contribution < 1.29 is 14.3 Å². The fraction of sp³-hybridized carbons (Fsp3) is 0.500. The van der Waals surface area contributed by atoms with Gasteiger partial charge in [0.05, 0.1) is 13.5 Å². The van der Waals surface area contributed by atoms with Crippen molar-refractivity contribution in [2.75, 3.05) is 20.3 Å². The van der Waals surface area contributed by atoms with Gasteiger partial charge < -0.3 is 14.8 Å². The second kappa shape index (κ2) is 6.40. The number of methoxy groups -OCH3 is 1. The molecule has 0 spiro atoms. The van der Waals surface area contributed by atoms with Crippen molar-refractivity contribution in [3.63, 3.8) is 0 Å². The predicted molar refractivity (Wildman–Crippen MR) is 68.7 cm³/mol. The summed E-state index contributed by atoms with van der Waals surface area (Å²) in [7, 11) is 1.40. The summed E-state index contributed by atoms with van der Waals surface area (Å²) < 4.78 is 10.4. The Morgan fingerprint density at radius 2 is 2.39 bits per heavy atom. The SMILES string of the molecule is COC(=O)Cc1cccc(OC[C@@H]2CCCN2)c1. The Labute approximate surface area is 107 Å². The Morgan fingerprint density at radius 1 is 1.50 bits per heavy atom. The molecule has 1 saturated heterocycles. The summed E-state index contributed by atoms with van der Waals surface area (Å²) in [6.45, 7) is 1.76. The van der Waals surface area contributed by atoms with Gasteiger partial charge >= 0.3 is 5.97 Å². The first-order valence-corrected chi connectivity index (χ1v) is 6.30. The average Bonchev–Trinajstić information content (AvgIpc) is 2.90. The van der Waals surface area contributed by atoms with Crippen molar-refractivity contribution in [3.8, 4) is 5.75 Å². The number of nitrogens with one attached hydrogen (secondary N) is 1. The van der Waals surface area contributed by atoms with E-state index in [9.17, 15) is 4.79 Å². The Balaban J connectivity index is 1.87. The summed E-state index contributed by atoms with van der Waals surface area (Å²) >= 11 is 0. The number of ether oxygens (including phenoxy) is 2. The zero-order chi connectivity index (χ0) is 12.8. The van der Waals surface area contributed by atoms with Gasteiger partial charge in [-0.05, 0) is 37.1 Å². The lowest BCUT2D eigenvalue weighted by molar-refractivity contribution is -0.139. The highest BCUT2D eigenvalue weighted by Crippen LogP contribution is 2.15. The Bertz CT molecular complexity index is 400. The van der Waals surface area contributed by atoms with Crippen LogP contribution in [0.1, 0.15) is 18.4 Å². The van der Waals surface area contributed by atoms with E-state index in [1.165, 1.54) is 20.0 Å². The molecular weight excluding hydrogens is 230 g/mol. The van der Waals surface area contributed by atoms with Gasteiger partial charge in [-0.3, -0.25) is 4.79 Å². The van der Waals surface area contributed by atoms with Crippen molar-refractivity contribution in [2.24, 2.45) is 0 Å². The van der Waals surface area contributed by atoms with Crippen LogP contribution in [0.4, 0.5) is 0 Å². The number of esters is 1. The Kier molecular flexibility index (Phi) is 4.59. The maximum Gasteiger partial charge on any atom is 0.309 e. The number of carbonyl (C=O) groups is 1. The minimum atomic E-state index is -0.232. The van der Waals surface area contributed by atoms with Crippen molar-refractivity contribution in [1.29, 1.82) is 0 Å². The van der Waals surface area contributed by atoms with E-state index in [1.54, 1.807) is 0 Å². The molecule has 98 valence electrons. The van der Waals surface area contributed by atoms with Crippen molar-refractivity contribution >= 4 is 5.97 Å². The van der Waals surface area contributed by atoms with Gasteiger partial charge in [-0.1, -0.05) is 12.1 Å². The molecular formula is C14H19NO3. The second-order valence-electron chi connectivity index (χ2n) is 4.50. The van der Waals surface area contributed by atoms with Gasteiger partial charge in [0.2, 0.25) is 0 Å². The van der Waals surface area contributed by atoms with Gasteiger partial charge in [0, 0.05) is 6.04 Å². The van der Waals surface area contributed by atoms with Crippen LogP contribution in [0.5, 0.6) is 5.75 Å². The maximum absolute atomic E-state index is 11.2. The van der Waals surface area contributed by atoms with Gasteiger partial charge in [-0.25, -0.2) is 0 Å². The highest BCUT2D eigenvalue weighted by atomic mass is 16.5. The summed E-state index contributed by atoms with van der Waals surface area (Å²) in [4.78, 5) is 11.2. The molecule has 0 aromatic heterocycles. The molecule has 0 saturated carbocycles. The molecule has 1 N–H and O–H groups in total. The molecule has 1 fully saturated rings. The summed E-state index contributed by atoms with van der Waals surface area (Å²) in [5.41, 5.74) is 0.915.